The van der Waals surface area contributed by atoms with Gasteiger partial charge in [-0.3, -0.25) is 4.98 Å². The molecular formula is C14H21BrN4OSSi. The Bertz CT molecular complexity index is 612. The van der Waals surface area contributed by atoms with Gasteiger partial charge in [0.05, 0.1) is 0 Å². The van der Waals surface area contributed by atoms with Crippen LogP contribution in [-0.4, -0.2) is 40.7 Å². The Morgan fingerprint density at radius 3 is 2.68 bits per heavy atom. The molecule has 2 heterocycles. The zero-order chi connectivity index (χ0) is 16.2. The number of hydrogen-bond acceptors (Lipinski definition) is 5. The number of nitrogens with zero attached hydrogens (tertiary/aromatic N) is 4. The Kier molecular flexibility index (Phi) is 6.19. The fraction of sp³-hybridized carbons (Fsp3) is 0.500. The fourth-order valence-corrected chi connectivity index (χ4v) is 3.18. The van der Waals surface area contributed by atoms with Gasteiger partial charge in [-0.25, -0.2) is 4.68 Å². The molecule has 22 heavy (non-hydrogen) atoms. The molecule has 0 atom stereocenters. The van der Waals surface area contributed by atoms with Crippen molar-refractivity contribution in [3.05, 3.63) is 22.8 Å². The smallest absolute Gasteiger partial charge is 0.200 e. The SMILES string of the molecule is CSc1nc(-c2ccc(Br)cn2)nn1COCC[Si](C)(C)C. The number of thioether (sulfide) groups is 1. The highest BCUT2D eigenvalue weighted by Crippen LogP contribution is 2.20. The fourth-order valence-electron chi connectivity index (χ4n) is 1.71. The molecule has 0 fully saturated rings. The van der Waals surface area contributed by atoms with Crippen LogP contribution in [0, 0.1) is 0 Å². The molecule has 0 aliphatic rings. The van der Waals surface area contributed by atoms with Gasteiger partial charge < -0.3 is 4.74 Å². The van der Waals surface area contributed by atoms with Gasteiger partial charge in [-0.1, -0.05) is 31.4 Å². The van der Waals surface area contributed by atoms with E-state index in [1.165, 1.54) is 0 Å². The van der Waals surface area contributed by atoms with Crippen LogP contribution in [0.2, 0.25) is 25.7 Å². The molecule has 2 rings (SSSR count). The van der Waals surface area contributed by atoms with Crippen LogP contribution in [0.5, 0.6) is 0 Å². The zero-order valence-corrected chi connectivity index (χ0v) is 16.7. The Morgan fingerprint density at radius 2 is 2.09 bits per heavy atom. The van der Waals surface area contributed by atoms with E-state index in [0.717, 1.165) is 28.0 Å². The maximum absolute atomic E-state index is 5.76. The van der Waals surface area contributed by atoms with Crippen LogP contribution in [-0.2, 0) is 11.5 Å². The average Bonchev–Trinajstić information content (AvgIpc) is 2.86. The number of rotatable bonds is 7. The molecule has 0 unspecified atom stereocenters. The molecule has 0 radical (unpaired) electrons. The van der Waals surface area contributed by atoms with Gasteiger partial charge in [0.1, 0.15) is 12.4 Å². The van der Waals surface area contributed by atoms with E-state index in [4.69, 9.17) is 4.74 Å². The predicted molar refractivity (Wildman–Crippen MR) is 96.8 cm³/mol. The topological polar surface area (TPSA) is 52.8 Å². The Labute approximate surface area is 145 Å². The van der Waals surface area contributed by atoms with Gasteiger partial charge in [-0.15, -0.1) is 5.10 Å². The first kappa shape index (κ1) is 17.6. The van der Waals surface area contributed by atoms with Crippen molar-refractivity contribution in [3.8, 4) is 11.5 Å². The minimum atomic E-state index is -1.06. The number of hydrogen-bond donors (Lipinski definition) is 0. The summed E-state index contributed by atoms with van der Waals surface area (Å²) in [6.45, 7) is 8.24. The van der Waals surface area contributed by atoms with Gasteiger partial charge in [0.15, 0.2) is 5.16 Å². The standard InChI is InChI=1S/C14H21BrN4OSSi/c1-21-14-17-13(12-6-5-11(15)9-16-12)18-19(14)10-20-7-8-22(2,3)4/h5-6,9H,7-8,10H2,1-4H3. The minimum Gasteiger partial charge on any atom is -0.359 e. The molecule has 0 bridgehead atoms. The van der Waals surface area contributed by atoms with Gasteiger partial charge in [0.25, 0.3) is 0 Å². The Morgan fingerprint density at radius 1 is 1.32 bits per heavy atom. The summed E-state index contributed by atoms with van der Waals surface area (Å²) in [4.78, 5) is 8.86. The van der Waals surface area contributed by atoms with Gasteiger partial charge in [-0.2, -0.15) is 4.98 Å². The molecule has 2 aromatic heterocycles. The minimum absolute atomic E-state index is 0.435. The summed E-state index contributed by atoms with van der Waals surface area (Å²) in [6, 6.07) is 4.99. The monoisotopic (exact) mass is 400 g/mol. The summed E-state index contributed by atoms with van der Waals surface area (Å²) in [5.74, 6) is 0.630. The molecule has 0 amide bonds. The van der Waals surface area contributed by atoms with E-state index in [9.17, 15) is 0 Å². The summed E-state index contributed by atoms with van der Waals surface area (Å²) in [7, 11) is -1.06. The quantitative estimate of drug-likeness (QED) is 0.397. The van der Waals surface area contributed by atoms with E-state index in [1.54, 1.807) is 22.6 Å². The maximum atomic E-state index is 5.76. The van der Waals surface area contributed by atoms with E-state index < -0.39 is 8.07 Å². The number of pyridine rings is 1. The lowest BCUT2D eigenvalue weighted by Gasteiger charge is -2.15. The normalized spacial score (nSPS) is 11.9. The highest BCUT2D eigenvalue weighted by molar-refractivity contribution is 9.10. The first-order valence-electron chi connectivity index (χ1n) is 7.07. The van der Waals surface area contributed by atoms with Crippen LogP contribution in [0.3, 0.4) is 0 Å². The van der Waals surface area contributed by atoms with Crippen molar-refractivity contribution < 1.29 is 4.74 Å². The highest BCUT2D eigenvalue weighted by Gasteiger charge is 2.14. The molecular weight excluding hydrogens is 380 g/mol. The second-order valence-corrected chi connectivity index (χ2v) is 13.4. The second kappa shape index (κ2) is 7.72. The van der Waals surface area contributed by atoms with Gasteiger partial charge >= 0.3 is 0 Å². The van der Waals surface area contributed by atoms with E-state index in [-0.39, 0.29) is 0 Å². The van der Waals surface area contributed by atoms with Crippen molar-refractivity contribution >= 4 is 35.8 Å². The van der Waals surface area contributed by atoms with Crippen molar-refractivity contribution in [2.75, 3.05) is 12.9 Å². The first-order chi connectivity index (χ1) is 10.4. The summed E-state index contributed by atoms with van der Waals surface area (Å²) < 4.78 is 8.50. The molecule has 0 N–H and O–H groups in total. The third-order valence-electron chi connectivity index (χ3n) is 2.99. The van der Waals surface area contributed by atoms with E-state index in [2.05, 4.69) is 50.6 Å². The van der Waals surface area contributed by atoms with Crippen LogP contribution in [0.4, 0.5) is 0 Å². The van der Waals surface area contributed by atoms with Crippen molar-refractivity contribution in [2.45, 2.75) is 37.6 Å². The lowest BCUT2D eigenvalue weighted by atomic mass is 10.3. The van der Waals surface area contributed by atoms with Gasteiger partial charge in [-0.05, 0) is 40.4 Å². The molecule has 0 aliphatic carbocycles. The van der Waals surface area contributed by atoms with Gasteiger partial charge in [0, 0.05) is 25.4 Å². The van der Waals surface area contributed by atoms with E-state index >= 15 is 0 Å². The van der Waals surface area contributed by atoms with Crippen molar-refractivity contribution in [2.24, 2.45) is 0 Å². The molecule has 2 aromatic rings. The Balaban J connectivity index is 2.04. The third-order valence-corrected chi connectivity index (χ3v) is 5.83. The summed E-state index contributed by atoms with van der Waals surface area (Å²) in [6.07, 6.45) is 3.74. The van der Waals surface area contributed by atoms with E-state index in [1.807, 2.05) is 18.4 Å². The maximum Gasteiger partial charge on any atom is 0.200 e. The predicted octanol–water partition coefficient (Wildman–Crippen LogP) is 4.14. The molecule has 0 saturated carbocycles. The van der Waals surface area contributed by atoms with Crippen LogP contribution in [0.25, 0.3) is 11.5 Å². The van der Waals surface area contributed by atoms with Crippen molar-refractivity contribution in [1.29, 1.82) is 0 Å². The van der Waals surface area contributed by atoms with Crippen molar-refractivity contribution in [1.82, 2.24) is 19.7 Å². The molecule has 0 aromatic carbocycles. The van der Waals surface area contributed by atoms with E-state index in [0.29, 0.717) is 12.6 Å². The molecule has 0 spiro atoms. The Hall–Kier alpha value is -0.703. The third kappa shape index (κ3) is 5.19. The molecule has 0 saturated heterocycles. The molecule has 5 nitrogen and oxygen atoms in total. The summed E-state index contributed by atoms with van der Waals surface area (Å²) >= 11 is 4.94. The van der Waals surface area contributed by atoms with Crippen molar-refractivity contribution in [3.63, 3.8) is 0 Å². The first-order valence-corrected chi connectivity index (χ1v) is 12.8. The molecule has 0 aliphatic heterocycles. The zero-order valence-electron chi connectivity index (χ0n) is 13.3. The number of aromatic nitrogens is 4. The number of halogens is 1. The lowest BCUT2D eigenvalue weighted by Crippen LogP contribution is -2.22. The highest BCUT2D eigenvalue weighted by atomic mass is 79.9. The lowest BCUT2D eigenvalue weighted by molar-refractivity contribution is 0.0720. The van der Waals surface area contributed by atoms with Crippen LogP contribution >= 0.6 is 27.7 Å². The summed E-state index contributed by atoms with van der Waals surface area (Å²) in [5, 5.41) is 5.35. The average molecular weight is 401 g/mol. The largest absolute Gasteiger partial charge is 0.359 e. The molecule has 8 heteroatoms. The molecule has 120 valence electrons. The number of ether oxygens (including phenoxy) is 1. The van der Waals surface area contributed by atoms with Gasteiger partial charge in [0.2, 0.25) is 5.82 Å². The van der Waals surface area contributed by atoms with Crippen LogP contribution in [0.15, 0.2) is 28.0 Å². The second-order valence-electron chi connectivity index (χ2n) is 6.13. The summed E-state index contributed by atoms with van der Waals surface area (Å²) in [5.41, 5.74) is 0.763. The van der Waals surface area contributed by atoms with Crippen LogP contribution in [0.1, 0.15) is 0 Å². The van der Waals surface area contributed by atoms with Crippen LogP contribution < -0.4 is 0 Å².